The Hall–Kier alpha value is -3.34. The molecule has 2 aromatic heterocycles. The summed E-state index contributed by atoms with van der Waals surface area (Å²) in [6, 6.07) is 21.1. The number of benzene rings is 2. The second kappa shape index (κ2) is 12.3. The van der Waals surface area contributed by atoms with Crippen LogP contribution in [0.2, 0.25) is 0 Å². The van der Waals surface area contributed by atoms with Crippen molar-refractivity contribution in [3.8, 4) is 10.4 Å². The molecule has 4 aromatic rings. The molecule has 0 bridgehead atoms. The van der Waals surface area contributed by atoms with E-state index in [1.165, 1.54) is 0 Å². The maximum atomic E-state index is 13.9. The number of hydrogen-bond acceptors (Lipinski definition) is 8. The van der Waals surface area contributed by atoms with Crippen LogP contribution in [-0.2, 0) is 14.6 Å². The molecule has 4 atom stereocenters. The third-order valence-corrected chi connectivity index (χ3v) is 12.1. The second-order valence-corrected chi connectivity index (χ2v) is 15.1. The molecule has 1 saturated carbocycles. The summed E-state index contributed by atoms with van der Waals surface area (Å²) < 4.78 is 27.1. The maximum Gasteiger partial charge on any atom is 0.245 e. The number of aromatic nitrogens is 2. The van der Waals surface area contributed by atoms with E-state index >= 15 is 0 Å². The highest BCUT2D eigenvalue weighted by Gasteiger charge is 2.44. The Bertz CT molecular complexity index is 1680. The number of thiophene rings is 1. The number of sulfone groups is 1. The Morgan fingerprint density at radius 3 is 2.47 bits per heavy atom. The molecular weight excluding hydrogens is 579 g/mol. The summed E-state index contributed by atoms with van der Waals surface area (Å²) in [5.41, 5.74) is 1.12. The monoisotopic (exact) mass is 617 g/mol. The fourth-order valence-corrected chi connectivity index (χ4v) is 9.35. The first-order valence-electron chi connectivity index (χ1n) is 15.1. The number of nitrogens with one attached hydrogen (secondary N) is 1. The van der Waals surface area contributed by atoms with Gasteiger partial charge in [-0.25, -0.2) is 18.4 Å². The highest BCUT2D eigenvalue weighted by atomic mass is 32.2. The van der Waals surface area contributed by atoms with Gasteiger partial charge in [-0.2, -0.15) is 0 Å². The van der Waals surface area contributed by atoms with Gasteiger partial charge in [-0.3, -0.25) is 4.79 Å². The largest absolute Gasteiger partial charge is 0.358 e. The first kappa shape index (κ1) is 29.7. The van der Waals surface area contributed by atoms with Gasteiger partial charge in [-0.05, 0) is 76.3 Å². The van der Waals surface area contributed by atoms with E-state index in [0.29, 0.717) is 29.7 Å². The molecule has 1 aliphatic carbocycles. The van der Waals surface area contributed by atoms with Gasteiger partial charge in [-0.1, -0.05) is 48.5 Å². The van der Waals surface area contributed by atoms with Crippen molar-refractivity contribution in [3.63, 3.8) is 0 Å². The third kappa shape index (κ3) is 6.18. The van der Waals surface area contributed by atoms with E-state index in [4.69, 9.17) is 0 Å². The van der Waals surface area contributed by atoms with Gasteiger partial charge in [0, 0.05) is 29.5 Å². The number of hydrogen-bond donors (Lipinski definition) is 1. The van der Waals surface area contributed by atoms with Gasteiger partial charge in [0.1, 0.15) is 23.0 Å². The van der Waals surface area contributed by atoms with Crippen molar-refractivity contribution in [2.24, 2.45) is 5.92 Å². The van der Waals surface area contributed by atoms with Gasteiger partial charge in [-0.15, -0.1) is 11.3 Å². The zero-order valence-corrected chi connectivity index (χ0v) is 26.5. The molecule has 10 heteroatoms. The second-order valence-electron chi connectivity index (χ2n) is 12.1. The third-order valence-electron chi connectivity index (χ3n) is 9.18. The van der Waals surface area contributed by atoms with E-state index in [1.807, 2.05) is 29.2 Å². The Morgan fingerprint density at radius 2 is 1.74 bits per heavy atom. The molecule has 3 heterocycles. The number of amides is 1. The van der Waals surface area contributed by atoms with E-state index in [-0.39, 0.29) is 29.7 Å². The van der Waals surface area contributed by atoms with Crippen molar-refractivity contribution < 1.29 is 13.2 Å². The summed E-state index contributed by atoms with van der Waals surface area (Å²) in [4.78, 5) is 29.6. The number of fused-ring (bicyclic) bond motifs is 1. The van der Waals surface area contributed by atoms with E-state index in [9.17, 15) is 13.2 Å². The lowest BCUT2D eigenvalue weighted by Crippen LogP contribution is -2.52. The van der Waals surface area contributed by atoms with Crippen molar-refractivity contribution in [3.05, 3.63) is 73.1 Å². The quantitative estimate of drug-likeness (QED) is 0.257. The molecule has 1 aliphatic heterocycles. The fraction of sp³-hybridized carbons (Fsp3) is 0.424. The SMILES string of the molecule is CC(C)N(C)[C@@H]1CC[C@H](N2CC[C@H](Nc3ncnc4sc(-c5ccccc5)cc34)C2=O)[C@H](CS(=O)(=O)c2ccccc2)C1. The van der Waals surface area contributed by atoms with E-state index in [0.717, 1.165) is 39.9 Å². The molecule has 6 rings (SSSR count). The van der Waals surface area contributed by atoms with Gasteiger partial charge in [0.25, 0.3) is 0 Å². The van der Waals surface area contributed by atoms with Gasteiger partial charge in [0.2, 0.25) is 5.91 Å². The molecule has 0 radical (unpaired) electrons. The zero-order valence-electron chi connectivity index (χ0n) is 24.9. The summed E-state index contributed by atoms with van der Waals surface area (Å²) in [6.07, 6.45) is 4.66. The average molecular weight is 618 g/mol. The number of likely N-dealkylation sites (tertiary alicyclic amines) is 1. The summed E-state index contributed by atoms with van der Waals surface area (Å²) in [5, 5.41) is 4.34. The normalized spacial score (nSPS) is 23.0. The maximum absolute atomic E-state index is 13.9. The van der Waals surface area contributed by atoms with E-state index < -0.39 is 15.9 Å². The average Bonchev–Trinajstić information content (AvgIpc) is 3.62. The number of rotatable bonds is 9. The Morgan fingerprint density at radius 1 is 1.02 bits per heavy atom. The molecule has 0 unspecified atom stereocenters. The Balaban J connectivity index is 1.22. The van der Waals surface area contributed by atoms with E-state index in [2.05, 4.69) is 59.3 Å². The van der Waals surface area contributed by atoms with Crippen molar-refractivity contribution >= 4 is 43.1 Å². The molecule has 226 valence electrons. The minimum absolute atomic E-state index is 0.0213. The predicted molar refractivity (Wildman–Crippen MR) is 173 cm³/mol. The first-order chi connectivity index (χ1) is 20.7. The van der Waals surface area contributed by atoms with Crippen LogP contribution in [0.4, 0.5) is 5.82 Å². The van der Waals surface area contributed by atoms with Crippen LogP contribution in [0.15, 0.2) is 78.0 Å². The van der Waals surface area contributed by atoms with Crippen LogP contribution >= 0.6 is 11.3 Å². The van der Waals surface area contributed by atoms with Crippen LogP contribution in [0.5, 0.6) is 0 Å². The van der Waals surface area contributed by atoms with Crippen LogP contribution < -0.4 is 5.32 Å². The van der Waals surface area contributed by atoms with Gasteiger partial charge < -0.3 is 15.1 Å². The summed E-state index contributed by atoms with van der Waals surface area (Å²) in [5.74, 6) is 0.571. The van der Waals surface area contributed by atoms with Crippen LogP contribution in [-0.4, -0.2) is 77.6 Å². The van der Waals surface area contributed by atoms with Crippen molar-refractivity contribution in [1.82, 2.24) is 19.8 Å². The molecule has 1 amide bonds. The van der Waals surface area contributed by atoms with E-state index in [1.54, 1.807) is 41.9 Å². The number of anilines is 1. The highest BCUT2D eigenvalue weighted by molar-refractivity contribution is 7.91. The minimum Gasteiger partial charge on any atom is -0.358 e. The zero-order chi connectivity index (χ0) is 30.1. The number of nitrogens with zero attached hydrogens (tertiary/aromatic N) is 4. The summed E-state index contributed by atoms with van der Waals surface area (Å²) >= 11 is 1.61. The molecule has 0 spiro atoms. The van der Waals surface area contributed by atoms with Crippen LogP contribution in [0.1, 0.15) is 39.5 Å². The molecular formula is C33H39N5O3S2. The fourth-order valence-electron chi connectivity index (χ4n) is 6.66. The molecule has 1 N–H and O–H groups in total. The molecule has 2 aromatic carbocycles. The lowest BCUT2D eigenvalue weighted by atomic mass is 9.81. The molecule has 2 aliphatic rings. The lowest BCUT2D eigenvalue weighted by Gasteiger charge is -2.44. The van der Waals surface area contributed by atoms with Crippen molar-refractivity contribution in [2.45, 2.75) is 68.6 Å². The lowest BCUT2D eigenvalue weighted by molar-refractivity contribution is -0.132. The van der Waals surface area contributed by atoms with Crippen LogP contribution in [0.25, 0.3) is 20.7 Å². The predicted octanol–water partition coefficient (Wildman–Crippen LogP) is 5.72. The van der Waals surface area contributed by atoms with Gasteiger partial charge in [0.05, 0.1) is 16.0 Å². The number of carbonyl (C=O) groups is 1. The molecule has 1 saturated heterocycles. The molecule has 2 fully saturated rings. The summed E-state index contributed by atoms with van der Waals surface area (Å²) in [6.45, 7) is 4.94. The molecule has 8 nitrogen and oxygen atoms in total. The van der Waals surface area contributed by atoms with Crippen molar-refractivity contribution in [2.75, 3.05) is 24.7 Å². The highest BCUT2D eigenvalue weighted by Crippen LogP contribution is 2.38. The Kier molecular flexibility index (Phi) is 8.53. The summed E-state index contributed by atoms with van der Waals surface area (Å²) in [7, 11) is -1.38. The standard InChI is InChI=1S/C33H39N5O3S2/c1-22(2)37(3)25-14-15-29(24(18-25)20-43(40,41)26-12-8-5-9-13-26)38-17-16-28(33(38)39)36-31-27-19-30(23-10-6-4-7-11-23)42-32(27)35-21-34-31/h4-13,19,21-22,24-25,28-29H,14-18,20H2,1-3H3,(H,34,35,36)/t24-,25+,28-,29-/m0/s1. The molecule has 43 heavy (non-hydrogen) atoms. The topological polar surface area (TPSA) is 95.5 Å². The Labute approximate surface area is 258 Å². The van der Waals surface area contributed by atoms with Crippen molar-refractivity contribution in [1.29, 1.82) is 0 Å². The van der Waals surface area contributed by atoms with Gasteiger partial charge in [0.15, 0.2) is 9.84 Å². The smallest absolute Gasteiger partial charge is 0.245 e. The number of carbonyl (C=O) groups excluding carboxylic acids is 1. The van der Waals surface area contributed by atoms with Crippen LogP contribution in [0, 0.1) is 5.92 Å². The minimum atomic E-state index is -3.50. The van der Waals surface area contributed by atoms with Crippen LogP contribution in [0.3, 0.4) is 0 Å². The van der Waals surface area contributed by atoms with Gasteiger partial charge >= 0.3 is 0 Å². The first-order valence-corrected chi connectivity index (χ1v) is 17.5.